The van der Waals surface area contributed by atoms with E-state index in [4.69, 9.17) is 9.47 Å². The molecule has 27 heavy (non-hydrogen) atoms. The summed E-state index contributed by atoms with van der Waals surface area (Å²) in [4.78, 5) is 23.3. The molecule has 0 radical (unpaired) electrons. The largest absolute Gasteiger partial charge is 0.481 e. The van der Waals surface area contributed by atoms with Gasteiger partial charge in [-0.15, -0.1) is 0 Å². The van der Waals surface area contributed by atoms with Gasteiger partial charge in [0, 0.05) is 32.2 Å². The highest BCUT2D eigenvalue weighted by Gasteiger charge is 2.34. The van der Waals surface area contributed by atoms with Gasteiger partial charge < -0.3 is 14.8 Å². The van der Waals surface area contributed by atoms with Crippen LogP contribution < -0.4 is 10.1 Å². The standard InChI is InChI=1S/C18H26N6O3/c1-12-19-18(23-22-12)14-7-8-24(10-15(14)21-16(25)11-26-2)9-13-5-4-6-17(20-13)27-3/h4-6,14-15H,7-11H2,1-3H3,(H,21,25)(H,19,22,23)/t14-,15+/m0/s1. The summed E-state index contributed by atoms with van der Waals surface area (Å²) in [7, 11) is 3.12. The van der Waals surface area contributed by atoms with E-state index in [1.54, 1.807) is 7.11 Å². The Bertz CT molecular complexity index is 765. The Labute approximate surface area is 158 Å². The van der Waals surface area contributed by atoms with E-state index in [0.29, 0.717) is 19.0 Å². The lowest BCUT2D eigenvalue weighted by molar-refractivity contribution is -0.126. The second-order valence-electron chi connectivity index (χ2n) is 6.69. The van der Waals surface area contributed by atoms with Crippen LogP contribution in [0.4, 0.5) is 0 Å². The normalized spacial score (nSPS) is 20.4. The minimum Gasteiger partial charge on any atom is -0.481 e. The lowest BCUT2D eigenvalue weighted by atomic mass is 9.90. The third-order valence-corrected chi connectivity index (χ3v) is 4.64. The van der Waals surface area contributed by atoms with Crippen molar-refractivity contribution in [2.75, 3.05) is 33.9 Å². The highest BCUT2D eigenvalue weighted by Crippen LogP contribution is 2.27. The van der Waals surface area contributed by atoms with Crippen molar-refractivity contribution in [3.8, 4) is 5.88 Å². The molecule has 0 saturated carbocycles. The molecule has 0 unspecified atom stereocenters. The Balaban J connectivity index is 1.71. The Morgan fingerprint density at radius 2 is 2.22 bits per heavy atom. The molecule has 1 saturated heterocycles. The Morgan fingerprint density at radius 1 is 1.37 bits per heavy atom. The zero-order valence-electron chi connectivity index (χ0n) is 15.9. The number of nitrogens with zero attached hydrogens (tertiary/aromatic N) is 4. The number of aryl methyl sites for hydroxylation is 1. The van der Waals surface area contributed by atoms with Crippen molar-refractivity contribution in [2.24, 2.45) is 0 Å². The number of piperidine rings is 1. The van der Waals surface area contributed by atoms with Crippen LogP contribution in [0.2, 0.25) is 0 Å². The highest BCUT2D eigenvalue weighted by atomic mass is 16.5. The molecule has 3 rings (SSSR count). The van der Waals surface area contributed by atoms with Gasteiger partial charge in [-0.1, -0.05) is 6.07 Å². The van der Waals surface area contributed by atoms with E-state index in [-0.39, 0.29) is 24.5 Å². The number of pyridine rings is 1. The maximum atomic E-state index is 12.1. The number of ether oxygens (including phenoxy) is 2. The molecule has 2 aromatic heterocycles. The fraction of sp³-hybridized carbons (Fsp3) is 0.556. The fourth-order valence-corrected chi connectivity index (χ4v) is 3.41. The van der Waals surface area contributed by atoms with Gasteiger partial charge in [0.1, 0.15) is 12.4 Å². The summed E-state index contributed by atoms with van der Waals surface area (Å²) >= 11 is 0. The van der Waals surface area contributed by atoms with Gasteiger partial charge in [0.25, 0.3) is 0 Å². The lowest BCUT2D eigenvalue weighted by Crippen LogP contribution is -2.52. The van der Waals surface area contributed by atoms with Crippen LogP contribution in [0, 0.1) is 6.92 Å². The second kappa shape index (κ2) is 8.92. The van der Waals surface area contributed by atoms with E-state index >= 15 is 0 Å². The number of H-pyrrole nitrogens is 1. The predicted octanol–water partition coefficient (Wildman–Crippen LogP) is 0.637. The first-order chi connectivity index (χ1) is 13.1. The van der Waals surface area contributed by atoms with Gasteiger partial charge in [-0.25, -0.2) is 9.97 Å². The van der Waals surface area contributed by atoms with Gasteiger partial charge >= 0.3 is 0 Å². The first-order valence-electron chi connectivity index (χ1n) is 8.98. The molecule has 0 aliphatic carbocycles. The molecule has 0 aromatic carbocycles. The van der Waals surface area contributed by atoms with Crippen molar-refractivity contribution < 1.29 is 14.3 Å². The number of hydrogen-bond donors (Lipinski definition) is 2. The van der Waals surface area contributed by atoms with Gasteiger partial charge in [-0.2, -0.15) is 5.10 Å². The molecule has 146 valence electrons. The molecule has 9 heteroatoms. The van der Waals surface area contributed by atoms with Crippen molar-refractivity contribution in [1.82, 2.24) is 30.4 Å². The molecule has 0 bridgehead atoms. The Kier molecular flexibility index (Phi) is 6.36. The van der Waals surface area contributed by atoms with E-state index in [9.17, 15) is 4.79 Å². The van der Waals surface area contributed by atoms with E-state index in [2.05, 4.69) is 30.4 Å². The molecular weight excluding hydrogens is 348 g/mol. The van der Waals surface area contributed by atoms with Gasteiger partial charge in [0.05, 0.1) is 18.8 Å². The summed E-state index contributed by atoms with van der Waals surface area (Å²) in [6.45, 7) is 4.15. The maximum absolute atomic E-state index is 12.1. The third kappa shape index (κ3) is 5.01. The minimum atomic E-state index is -0.138. The molecule has 1 aliphatic heterocycles. The van der Waals surface area contributed by atoms with Crippen molar-refractivity contribution >= 4 is 5.91 Å². The van der Waals surface area contributed by atoms with E-state index in [1.807, 2.05) is 25.1 Å². The summed E-state index contributed by atoms with van der Waals surface area (Å²) in [5, 5.41) is 10.3. The van der Waals surface area contributed by atoms with Crippen molar-refractivity contribution in [3.05, 3.63) is 35.5 Å². The SMILES string of the molecule is COCC(=O)N[C@@H]1CN(Cc2cccc(OC)n2)CC[C@@H]1c1n[nH]c(C)n1. The number of aromatic nitrogens is 4. The molecule has 1 amide bonds. The van der Waals surface area contributed by atoms with E-state index < -0.39 is 0 Å². The van der Waals surface area contributed by atoms with Crippen molar-refractivity contribution in [1.29, 1.82) is 0 Å². The molecule has 2 aromatic rings. The number of methoxy groups -OCH3 is 2. The molecular formula is C18H26N6O3. The smallest absolute Gasteiger partial charge is 0.246 e. The molecule has 1 aliphatic rings. The minimum absolute atomic E-state index is 0.0354. The molecule has 3 heterocycles. The van der Waals surface area contributed by atoms with Crippen molar-refractivity contribution in [2.45, 2.75) is 31.8 Å². The van der Waals surface area contributed by atoms with Gasteiger partial charge in [0.2, 0.25) is 11.8 Å². The number of rotatable bonds is 7. The summed E-state index contributed by atoms with van der Waals surface area (Å²) in [5.41, 5.74) is 0.934. The monoisotopic (exact) mass is 374 g/mol. The summed E-state index contributed by atoms with van der Waals surface area (Å²) in [6.07, 6.45) is 0.846. The summed E-state index contributed by atoms with van der Waals surface area (Å²) in [6, 6.07) is 5.64. The lowest BCUT2D eigenvalue weighted by Gasteiger charge is -2.37. The van der Waals surface area contributed by atoms with Gasteiger partial charge in [-0.3, -0.25) is 14.8 Å². The van der Waals surface area contributed by atoms with Crippen LogP contribution in [-0.2, 0) is 16.1 Å². The third-order valence-electron chi connectivity index (χ3n) is 4.64. The topological polar surface area (TPSA) is 105 Å². The summed E-state index contributed by atoms with van der Waals surface area (Å²) in [5.74, 6) is 2.04. The van der Waals surface area contributed by atoms with Crippen LogP contribution >= 0.6 is 0 Å². The van der Waals surface area contributed by atoms with Crippen LogP contribution in [-0.4, -0.2) is 70.9 Å². The van der Waals surface area contributed by atoms with Gasteiger partial charge in [0.15, 0.2) is 5.82 Å². The fourth-order valence-electron chi connectivity index (χ4n) is 3.41. The first-order valence-corrected chi connectivity index (χ1v) is 8.98. The van der Waals surface area contributed by atoms with Gasteiger partial charge in [-0.05, 0) is 26.0 Å². The summed E-state index contributed by atoms with van der Waals surface area (Å²) < 4.78 is 10.2. The number of nitrogens with one attached hydrogen (secondary N) is 2. The number of carbonyl (C=O) groups is 1. The van der Waals surface area contributed by atoms with Crippen LogP contribution in [0.15, 0.2) is 18.2 Å². The zero-order valence-corrected chi connectivity index (χ0v) is 15.9. The van der Waals surface area contributed by atoms with Crippen molar-refractivity contribution in [3.63, 3.8) is 0 Å². The Hall–Kier alpha value is -2.52. The number of carbonyl (C=O) groups excluding carboxylic acids is 1. The highest BCUT2D eigenvalue weighted by molar-refractivity contribution is 5.77. The number of amides is 1. The maximum Gasteiger partial charge on any atom is 0.246 e. The van der Waals surface area contributed by atoms with Crippen LogP contribution in [0.3, 0.4) is 0 Å². The Morgan fingerprint density at radius 3 is 2.93 bits per heavy atom. The molecule has 0 spiro atoms. The van der Waals surface area contributed by atoms with Crippen LogP contribution in [0.5, 0.6) is 5.88 Å². The van der Waals surface area contributed by atoms with E-state index in [0.717, 1.165) is 30.3 Å². The van der Waals surface area contributed by atoms with Crippen LogP contribution in [0.25, 0.3) is 0 Å². The number of aromatic amines is 1. The van der Waals surface area contributed by atoms with E-state index in [1.165, 1.54) is 7.11 Å². The molecule has 9 nitrogen and oxygen atoms in total. The van der Waals surface area contributed by atoms with Crippen LogP contribution in [0.1, 0.15) is 29.7 Å². The molecule has 2 atom stereocenters. The second-order valence-corrected chi connectivity index (χ2v) is 6.69. The average Bonchev–Trinajstić information content (AvgIpc) is 3.08. The molecule has 2 N–H and O–H groups in total. The molecule has 1 fully saturated rings. The average molecular weight is 374 g/mol. The first kappa shape index (κ1) is 19.2. The number of hydrogen-bond acceptors (Lipinski definition) is 7. The quantitative estimate of drug-likeness (QED) is 0.732. The zero-order chi connectivity index (χ0) is 19.2. The number of likely N-dealkylation sites (tertiary alicyclic amines) is 1. The predicted molar refractivity (Wildman–Crippen MR) is 98.4 cm³/mol.